The summed E-state index contributed by atoms with van der Waals surface area (Å²) in [5.74, 6) is -0.557. The summed E-state index contributed by atoms with van der Waals surface area (Å²) in [6.07, 6.45) is 2.94. The van der Waals surface area contributed by atoms with Crippen LogP contribution in [0.3, 0.4) is 0 Å². The number of carbonyl (C=O) groups is 2. The van der Waals surface area contributed by atoms with E-state index in [4.69, 9.17) is 4.74 Å². The van der Waals surface area contributed by atoms with Gasteiger partial charge >= 0.3 is 5.97 Å². The Hall–Kier alpha value is -1.88. The van der Waals surface area contributed by atoms with E-state index in [0.29, 0.717) is 12.0 Å². The van der Waals surface area contributed by atoms with Gasteiger partial charge in [0.25, 0.3) is 5.91 Å². The third-order valence-corrected chi connectivity index (χ3v) is 3.43. The first-order valence-corrected chi connectivity index (χ1v) is 6.84. The van der Waals surface area contributed by atoms with E-state index >= 15 is 0 Å². The fourth-order valence-electron chi connectivity index (χ4n) is 2.42. The quantitative estimate of drug-likeness (QED) is 0.650. The molecule has 2 rings (SSSR count). The van der Waals surface area contributed by atoms with Crippen LogP contribution in [0.25, 0.3) is 0 Å². The van der Waals surface area contributed by atoms with Crippen molar-refractivity contribution in [3.05, 3.63) is 29.8 Å². The lowest BCUT2D eigenvalue weighted by molar-refractivity contribution is -0.131. The molecule has 5 heteroatoms. The van der Waals surface area contributed by atoms with E-state index in [1.165, 1.54) is 6.92 Å². The second-order valence-electron chi connectivity index (χ2n) is 5.02. The number of rotatable bonds is 3. The second-order valence-corrected chi connectivity index (χ2v) is 5.02. The molecule has 2 atom stereocenters. The van der Waals surface area contributed by atoms with E-state index in [1.807, 2.05) is 0 Å². The molecule has 20 heavy (non-hydrogen) atoms. The van der Waals surface area contributed by atoms with Crippen LogP contribution in [0.2, 0.25) is 0 Å². The van der Waals surface area contributed by atoms with E-state index in [2.05, 4.69) is 5.32 Å². The molecule has 1 aliphatic carbocycles. The fraction of sp³-hybridized carbons (Fsp3) is 0.467. The van der Waals surface area contributed by atoms with Crippen LogP contribution in [0.1, 0.15) is 43.0 Å². The number of para-hydroxylation sites is 1. The van der Waals surface area contributed by atoms with Crippen LogP contribution in [0.5, 0.6) is 5.75 Å². The van der Waals surface area contributed by atoms with Gasteiger partial charge in [-0.15, -0.1) is 0 Å². The van der Waals surface area contributed by atoms with Gasteiger partial charge in [0.2, 0.25) is 0 Å². The van der Waals surface area contributed by atoms with Crippen molar-refractivity contribution in [2.24, 2.45) is 0 Å². The van der Waals surface area contributed by atoms with E-state index in [1.54, 1.807) is 24.3 Å². The summed E-state index contributed by atoms with van der Waals surface area (Å²) in [6.45, 7) is 1.29. The first-order valence-electron chi connectivity index (χ1n) is 6.84. The highest BCUT2D eigenvalue weighted by molar-refractivity contribution is 5.97. The molecule has 1 amide bonds. The van der Waals surface area contributed by atoms with Crippen LogP contribution in [0.15, 0.2) is 24.3 Å². The Morgan fingerprint density at radius 3 is 2.65 bits per heavy atom. The molecule has 0 bridgehead atoms. The molecule has 0 spiro atoms. The number of ether oxygens (including phenoxy) is 1. The van der Waals surface area contributed by atoms with Gasteiger partial charge in [-0.25, -0.2) is 0 Å². The highest BCUT2D eigenvalue weighted by Gasteiger charge is 2.25. The van der Waals surface area contributed by atoms with Crippen molar-refractivity contribution < 1.29 is 19.4 Å². The van der Waals surface area contributed by atoms with E-state index in [-0.39, 0.29) is 17.7 Å². The predicted octanol–water partition coefficient (Wildman–Crippen LogP) is 1.65. The lowest BCUT2D eigenvalue weighted by atomic mass is 9.92. The summed E-state index contributed by atoms with van der Waals surface area (Å²) in [7, 11) is 0. The van der Waals surface area contributed by atoms with Gasteiger partial charge in [0.1, 0.15) is 5.75 Å². The lowest BCUT2D eigenvalue weighted by Crippen LogP contribution is -2.45. The SMILES string of the molecule is CC(=O)Oc1ccccc1C(=O)N[C@H]1CCCC[C@@H]1O. The highest BCUT2D eigenvalue weighted by atomic mass is 16.5. The summed E-state index contributed by atoms with van der Waals surface area (Å²) in [4.78, 5) is 23.3. The largest absolute Gasteiger partial charge is 0.426 e. The Balaban J connectivity index is 2.10. The summed E-state index contributed by atoms with van der Waals surface area (Å²) in [5, 5.41) is 12.7. The number of aliphatic hydroxyl groups excluding tert-OH is 1. The smallest absolute Gasteiger partial charge is 0.308 e. The maximum atomic E-state index is 12.2. The Bertz CT molecular complexity index is 500. The number of esters is 1. The third-order valence-electron chi connectivity index (χ3n) is 3.43. The third kappa shape index (κ3) is 3.57. The second kappa shape index (κ2) is 6.52. The zero-order chi connectivity index (χ0) is 14.5. The number of carbonyl (C=O) groups excluding carboxylic acids is 2. The first kappa shape index (κ1) is 14.5. The van der Waals surface area contributed by atoms with Crippen LogP contribution in [-0.2, 0) is 4.79 Å². The molecule has 1 aromatic rings. The Labute approximate surface area is 117 Å². The summed E-state index contributed by atoms with van der Waals surface area (Å²) in [6, 6.07) is 6.35. The maximum Gasteiger partial charge on any atom is 0.308 e. The van der Waals surface area contributed by atoms with Crippen LogP contribution in [0.4, 0.5) is 0 Å². The number of nitrogens with one attached hydrogen (secondary N) is 1. The number of aliphatic hydroxyl groups is 1. The van der Waals surface area contributed by atoms with Crippen LogP contribution < -0.4 is 10.1 Å². The van der Waals surface area contributed by atoms with Gasteiger partial charge in [-0.3, -0.25) is 9.59 Å². The minimum Gasteiger partial charge on any atom is -0.426 e. The van der Waals surface area contributed by atoms with Crippen molar-refractivity contribution in [3.8, 4) is 5.75 Å². The summed E-state index contributed by atoms with van der Waals surface area (Å²) >= 11 is 0. The molecule has 0 aromatic heterocycles. The molecule has 1 aliphatic rings. The molecular weight excluding hydrogens is 258 g/mol. The van der Waals surface area contributed by atoms with Gasteiger partial charge in [0, 0.05) is 6.92 Å². The minimum absolute atomic E-state index is 0.235. The molecule has 0 radical (unpaired) electrons. The van der Waals surface area contributed by atoms with Gasteiger partial charge in [0.05, 0.1) is 17.7 Å². The van der Waals surface area contributed by atoms with Gasteiger partial charge in [-0.2, -0.15) is 0 Å². The Morgan fingerprint density at radius 1 is 1.25 bits per heavy atom. The van der Waals surface area contributed by atoms with E-state index in [9.17, 15) is 14.7 Å². The maximum absolute atomic E-state index is 12.2. The average molecular weight is 277 g/mol. The van der Waals surface area contributed by atoms with Gasteiger partial charge in [0.15, 0.2) is 0 Å². The predicted molar refractivity (Wildman–Crippen MR) is 73.5 cm³/mol. The molecule has 2 N–H and O–H groups in total. The molecular formula is C15H19NO4. The van der Waals surface area contributed by atoms with Crippen LogP contribution in [0, 0.1) is 0 Å². The molecule has 0 saturated heterocycles. The number of hydrogen-bond acceptors (Lipinski definition) is 4. The van der Waals surface area contributed by atoms with Crippen LogP contribution in [-0.4, -0.2) is 29.1 Å². The van der Waals surface area contributed by atoms with Crippen molar-refractivity contribution in [2.45, 2.75) is 44.8 Å². The number of hydrogen-bond donors (Lipinski definition) is 2. The van der Waals surface area contributed by atoms with Crippen LogP contribution >= 0.6 is 0 Å². The van der Waals surface area contributed by atoms with E-state index < -0.39 is 12.1 Å². The molecule has 0 heterocycles. The normalized spacial score (nSPS) is 22.1. The minimum atomic E-state index is -0.506. The van der Waals surface area contributed by atoms with Crippen molar-refractivity contribution in [1.29, 1.82) is 0 Å². The fourth-order valence-corrected chi connectivity index (χ4v) is 2.42. The Kier molecular flexibility index (Phi) is 4.74. The summed E-state index contributed by atoms with van der Waals surface area (Å²) in [5.41, 5.74) is 0.306. The van der Waals surface area contributed by atoms with Gasteiger partial charge in [-0.1, -0.05) is 25.0 Å². The molecule has 1 aromatic carbocycles. The molecule has 0 unspecified atom stereocenters. The lowest BCUT2D eigenvalue weighted by Gasteiger charge is -2.28. The molecule has 5 nitrogen and oxygen atoms in total. The standard InChI is InChI=1S/C15H19NO4/c1-10(17)20-14-9-5-2-6-11(14)15(19)16-12-7-3-4-8-13(12)18/h2,5-6,9,12-13,18H,3-4,7-8H2,1H3,(H,16,19)/t12-,13-/m0/s1. The first-order chi connectivity index (χ1) is 9.58. The van der Waals surface area contributed by atoms with Crippen molar-refractivity contribution in [2.75, 3.05) is 0 Å². The summed E-state index contributed by atoms with van der Waals surface area (Å²) < 4.78 is 5.02. The zero-order valence-electron chi connectivity index (χ0n) is 11.5. The zero-order valence-corrected chi connectivity index (χ0v) is 11.5. The Morgan fingerprint density at radius 2 is 1.95 bits per heavy atom. The van der Waals surface area contributed by atoms with Crippen molar-refractivity contribution >= 4 is 11.9 Å². The topological polar surface area (TPSA) is 75.6 Å². The molecule has 1 fully saturated rings. The van der Waals surface area contributed by atoms with Gasteiger partial charge in [-0.05, 0) is 25.0 Å². The van der Waals surface area contributed by atoms with Gasteiger partial charge < -0.3 is 15.2 Å². The molecule has 108 valence electrons. The molecule has 1 saturated carbocycles. The monoisotopic (exact) mass is 277 g/mol. The van der Waals surface area contributed by atoms with Crippen molar-refractivity contribution in [1.82, 2.24) is 5.32 Å². The molecule has 0 aliphatic heterocycles. The highest BCUT2D eigenvalue weighted by Crippen LogP contribution is 2.21. The number of benzene rings is 1. The van der Waals surface area contributed by atoms with Crippen molar-refractivity contribution in [3.63, 3.8) is 0 Å². The number of amides is 1. The van der Waals surface area contributed by atoms with E-state index in [0.717, 1.165) is 19.3 Å². The average Bonchev–Trinajstić information content (AvgIpc) is 2.41.